The molecule has 8 heteroatoms. The number of halogens is 1. The topological polar surface area (TPSA) is 82.6 Å². The minimum Gasteiger partial charge on any atom is -0.447 e. The molecule has 4 rings (SSSR count). The normalized spacial score (nSPS) is 14.1. The molecule has 3 aromatic rings. The van der Waals surface area contributed by atoms with Crippen LogP contribution in [0.4, 0.5) is 10.5 Å². The van der Waals surface area contributed by atoms with E-state index in [1.54, 1.807) is 44.6 Å². The van der Waals surface area contributed by atoms with Gasteiger partial charge in [0.1, 0.15) is 0 Å². The molecule has 0 atom stereocenters. The Morgan fingerprint density at radius 3 is 2.61 bits per heavy atom. The van der Waals surface area contributed by atoms with Gasteiger partial charge in [0.2, 0.25) is 6.29 Å². The van der Waals surface area contributed by atoms with Gasteiger partial charge in [-0.25, -0.2) is 4.79 Å². The predicted octanol–water partition coefficient (Wildman–Crippen LogP) is 5.47. The highest BCUT2D eigenvalue weighted by molar-refractivity contribution is 6.33. The summed E-state index contributed by atoms with van der Waals surface area (Å²) in [4.78, 5) is 20.5. The highest BCUT2D eigenvalue weighted by Crippen LogP contribution is 2.33. The number of ether oxygens (including phenoxy) is 3. The van der Waals surface area contributed by atoms with Gasteiger partial charge < -0.3 is 14.2 Å². The second-order valence-corrected chi connectivity index (χ2v) is 7.69. The minimum absolute atomic E-state index is 0.205. The third-order valence-electron chi connectivity index (χ3n) is 4.59. The Morgan fingerprint density at radius 2 is 1.87 bits per heavy atom. The lowest BCUT2D eigenvalue weighted by atomic mass is 10.0. The number of rotatable bonds is 5. The molecule has 1 fully saturated rings. The number of carbonyl (C=O) groups excluding carboxylic acids is 1. The van der Waals surface area contributed by atoms with Gasteiger partial charge in [-0.3, -0.25) is 15.3 Å². The molecule has 0 spiro atoms. The molecule has 0 radical (unpaired) electrons. The van der Waals surface area contributed by atoms with Crippen LogP contribution in [0.2, 0.25) is 5.02 Å². The summed E-state index contributed by atoms with van der Waals surface area (Å²) in [7, 11) is 0. The van der Waals surface area contributed by atoms with Crippen molar-refractivity contribution in [1.29, 1.82) is 0 Å². The van der Waals surface area contributed by atoms with E-state index in [9.17, 15) is 4.79 Å². The number of pyridine rings is 2. The molecular formula is C23H22ClN3O4. The first-order chi connectivity index (χ1) is 15.0. The lowest BCUT2D eigenvalue weighted by molar-refractivity contribution is -0.0472. The smallest absolute Gasteiger partial charge is 0.411 e. The maximum Gasteiger partial charge on any atom is 0.411 e. The molecule has 0 bridgehead atoms. The molecule has 0 unspecified atom stereocenters. The molecule has 3 heterocycles. The van der Waals surface area contributed by atoms with E-state index < -0.39 is 12.4 Å². The van der Waals surface area contributed by atoms with Gasteiger partial charge in [-0.15, -0.1) is 0 Å². The summed E-state index contributed by atoms with van der Waals surface area (Å²) in [5.41, 5.74) is 4.80. The molecule has 0 saturated carbocycles. The van der Waals surface area contributed by atoms with Crippen molar-refractivity contribution in [3.63, 3.8) is 0 Å². The third kappa shape index (κ3) is 5.19. The van der Waals surface area contributed by atoms with E-state index >= 15 is 0 Å². The van der Waals surface area contributed by atoms with Crippen LogP contribution in [0.15, 0.2) is 55.0 Å². The average Bonchev–Trinajstić information content (AvgIpc) is 3.28. The molecule has 1 aliphatic heterocycles. The summed E-state index contributed by atoms with van der Waals surface area (Å²) >= 11 is 6.50. The number of hydrogen-bond acceptors (Lipinski definition) is 6. The summed E-state index contributed by atoms with van der Waals surface area (Å²) in [6.45, 7) is 4.70. The molecule has 1 N–H and O–H groups in total. The fraction of sp³-hybridized carbons (Fsp3) is 0.261. The van der Waals surface area contributed by atoms with Crippen LogP contribution in [0.3, 0.4) is 0 Å². The van der Waals surface area contributed by atoms with Gasteiger partial charge in [-0.1, -0.05) is 17.7 Å². The lowest BCUT2D eigenvalue weighted by Crippen LogP contribution is -2.17. The number of carbonyl (C=O) groups is 1. The average molecular weight is 440 g/mol. The Balaban J connectivity index is 1.57. The zero-order valence-electron chi connectivity index (χ0n) is 17.2. The van der Waals surface area contributed by atoms with Crippen LogP contribution in [0.25, 0.3) is 22.3 Å². The van der Waals surface area contributed by atoms with Crippen LogP contribution >= 0.6 is 11.6 Å². The highest BCUT2D eigenvalue weighted by Gasteiger charge is 2.20. The van der Waals surface area contributed by atoms with Crippen LogP contribution in [-0.4, -0.2) is 35.4 Å². The van der Waals surface area contributed by atoms with E-state index in [0.29, 0.717) is 23.9 Å². The zero-order chi connectivity index (χ0) is 21.8. The standard InChI is InChI=1S/C23H22ClN3O4/c1-14(2)31-23(28)27-18-3-4-19(20(24)11-18)17-9-16(12-25-13-17)15-5-6-26-21(10-15)22-29-7-8-30-22/h3-6,9-14,22H,7-8H2,1-2H3,(H,27,28). The number of nitrogens with one attached hydrogen (secondary N) is 1. The van der Waals surface area contributed by atoms with Crippen LogP contribution in [0.1, 0.15) is 25.8 Å². The van der Waals surface area contributed by atoms with Crippen molar-refractivity contribution in [2.75, 3.05) is 18.5 Å². The van der Waals surface area contributed by atoms with Crippen molar-refractivity contribution in [3.05, 3.63) is 65.7 Å². The van der Waals surface area contributed by atoms with Crippen molar-refractivity contribution in [2.45, 2.75) is 26.2 Å². The van der Waals surface area contributed by atoms with E-state index in [2.05, 4.69) is 15.3 Å². The van der Waals surface area contributed by atoms with E-state index in [-0.39, 0.29) is 6.10 Å². The first-order valence-corrected chi connectivity index (χ1v) is 10.3. The molecule has 1 aromatic carbocycles. The zero-order valence-corrected chi connectivity index (χ0v) is 17.9. The monoisotopic (exact) mass is 439 g/mol. The van der Waals surface area contributed by atoms with Gasteiger partial charge >= 0.3 is 6.09 Å². The summed E-state index contributed by atoms with van der Waals surface area (Å²) in [6, 6.07) is 11.1. The maximum atomic E-state index is 11.8. The molecular weight excluding hydrogens is 418 g/mol. The number of amides is 1. The predicted molar refractivity (Wildman–Crippen MR) is 118 cm³/mol. The van der Waals surface area contributed by atoms with E-state index in [1.807, 2.05) is 24.3 Å². The van der Waals surface area contributed by atoms with Crippen LogP contribution in [-0.2, 0) is 14.2 Å². The molecule has 1 amide bonds. The summed E-state index contributed by atoms with van der Waals surface area (Å²) in [6.07, 6.45) is 4.09. The third-order valence-corrected chi connectivity index (χ3v) is 4.90. The molecule has 31 heavy (non-hydrogen) atoms. The van der Waals surface area contributed by atoms with Crippen molar-refractivity contribution in [1.82, 2.24) is 9.97 Å². The number of aromatic nitrogens is 2. The first-order valence-electron chi connectivity index (χ1n) is 9.92. The number of hydrogen-bond donors (Lipinski definition) is 1. The van der Waals surface area contributed by atoms with Gasteiger partial charge in [0.05, 0.1) is 30.0 Å². The first kappa shape index (κ1) is 21.2. The van der Waals surface area contributed by atoms with Gasteiger partial charge in [0.25, 0.3) is 0 Å². The van der Waals surface area contributed by atoms with Crippen LogP contribution in [0.5, 0.6) is 0 Å². The summed E-state index contributed by atoms with van der Waals surface area (Å²) < 4.78 is 16.2. The Morgan fingerprint density at radius 1 is 1.10 bits per heavy atom. The second kappa shape index (κ2) is 9.43. The molecule has 7 nitrogen and oxygen atoms in total. The van der Waals surface area contributed by atoms with Gasteiger partial charge in [0, 0.05) is 41.0 Å². The summed E-state index contributed by atoms with van der Waals surface area (Å²) in [5.74, 6) is 0. The fourth-order valence-corrected chi connectivity index (χ4v) is 3.51. The molecule has 160 valence electrons. The van der Waals surface area contributed by atoms with Gasteiger partial charge in [0.15, 0.2) is 0 Å². The van der Waals surface area contributed by atoms with Crippen molar-refractivity contribution < 1.29 is 19.0 Å². The molecule has 1 aliphatic rings. The van der Waals surface area contributed by atoms with Crippen molar-refractivity contribution >= 4 is 23.4 Å². The van der Waals surface area contributed by atoms with Crippen LogP contribution in [0, 0.1) is 0 Å². The largest absolute Gasteiger partial charge is 0.447 e. The van der Waals surface area contributed by atoms with E-state index in [0.717, 1.165) is 27.9 Å². The summed E-state index contributed by atoms with van der Waals surface area (Å²) in [5, 5.41) is 3.16. The SMILES string of the molecule is CC(C)OC(=O)Nc1ccc(-c2cncc(-c3ccnc(C4OCCO4)c3)c2)c(Cl)c1. The molecule has 0 aliphatic carbocycles. The second-order valence-electron chi connectivity index (χ2n) is 7.28. The maximum absolute atomic E-state index is 11.8. The van der Waals surface area contributed by atoms with E-state index in [4.69, 9.17) is 25.8 Å². The Hall–Kier alpha value is -3.00. The molecule has 2 aromatic heterocycles. The van der Waals surface area contributed by atoms with Gasteiger partial charge in [-0.05, 0) is 49.7 Å². The Labute approximate surface area is 185 Å². The number of nitrogens with zero attached hydrogens (tertiary/aromatic N) is 2. The Kier molecular flexibility index (Phi) is 6.46. The lowest BCUT2D eigenvalue weighted by Gasteiger charge is -2.12. The molecule has 1 saturated heterocycles. The van der Waals surface area contributed by atoms with Crippen molar-refractivity contribution in [3.8, 4) is 22.3 Å². The van der Waals surface area contributed by atoms with E-state index in [1.165, 1.54) is 0 Å². The van der Waals surface area contributed by atoms with Gasteiger partial charge in [-0.2, -0.15) is 0 Å². The quantitative estimate of drug-likeness (QED) is 0.567. The minimum atomic E-state index is -0.522. The highest BCUT2D eigenvalue weighted by atomic mass is 35.5. The number of benzene rings is 1. The van der Waals surface area contributed by atoms with Crippen LogP contribution < -0.4 is 5.32 Å². The Bertz CT molecular complexity index is 1080. The van der Waals surface area contributed by atoms with Crippen molar-refractivity contribution in [2.24, 2.45) is 0 Å². The number of anilines is 1. The fourth-order valence-electron chi connectivity index (χ4n) is 3.22.